The number of fused-ring (bicyclic) bond motifs is 4. The van der Waals surface area contributed by atoms with Gasteiger partial charge in [0.15, 0.2) is 0 Å². The van der Waals surface area contributed by atoms with Crippen molar-refractivity contribution in [3.63, 3.8) is 0 Å². The normalized spacial score (nSPS) is 20.2. The third kappa shape index (κ3) is 3.03. The number of likely N-dealkylation sites (tertiary alicyclic amines) is 1. The Bertz CT molecular complexity index is 1120. The molecule has 1 aromatic carbocycles. The lowest BCUT2D eigenvalue weighted by molar-refractivity contribution is 0.0595. The summed E-state index contributed by atoms with van der Waals surface area (Å²) in [7, 11) is 1.62. The summed E-state index contributed by atoms with van der Waals surface area (Å²) >= 11 is 0. The minimum atomic E-state index is -0.0222. The highest BCUT2D eigenvalue weighted by atomic mass is 16.5. The molecule has 0 saturated carbocycles. The van der Waals surface area contributed by atoms with E-state index in [1.807, 2.05) is 45.9 Å². The van der Waals surface area contributed by atoms with E-state index in [0.717, 1.165) is 23.4 Å². The number of pyridine rings is 1. The Morgan fingerprint density at radius 1 is 1.14 bits per heavy atom. The highest BCUT2D eigenvalue weighted by molar-refractivity contribution is 5.99. The number of hydrogen-bond acceptors (Lipinski definition) is 4. The predicted octanol–water partition coefficient (Wildman–Crippen LogP) is 2.51. The molecule has 1 fully saturated rings. The summed E-state index contributed by atoms with van der Waals surface area (Å²) in [5.74, 6) is 1.23. The van der Waals surface area contributed by atoms with Crippen LogP contribution in [-0.4, -0.2) is 45.8 Å². The van der Waals surface area contributed by atoms with Crippen LogP contribution < -0.4 is 10.3 Å². The monoisotopic (exact) mass is 390 g/mol. The van der Waals surface area contributed by atoms with Crippen molar-refractivity contribution < 1.29 is 9.53 Å². The van der Waals surface area contributed by atoms with E-state index in [2.05, 4.69) is 10.2 Å². The minimum absolute atomic E-state index is 0.0222. The van der Waals surface area contributed by atoms with Crippen molar-refractivity contribution in [2.45, 2.75) is 18.9 Å². The maximum absolute atomic E-state index is 13.4. The molecule has 2 aromatic heterocycles. The number of aromatic nitrogens is 3. The average Bonchev–Trinajstić information content (AvgIpc) is 3.24. The van der Waals surface area contributed by atoms with Crippen LogP contribution in [-0.2, 0) is 6.54 Å². The number of nitrogens with zero attached hydrogens (tertiary/aromatic N) is 3. The zero-order valence-corrected chi connectivity index (χ0v) is 16.2. The fourth-order valence-electron chi connectivity index (χ4n) is 4.66. The molecule has 7 nitrogen and oxygen atoms in total. The number of piperidine rings is 1. The van der Waals surface area contributed by atoms with E-state index in [9.17, 15) is 9.59 Å². The molecule has 2 bridgehead atoms. The molecule has 7 heteroatoms. The Labute approximate surface area is 167 Å². The lowest BCUT2D eigenvalue weighted by atomic mass is 9.83. The van der Waals surface area contributed by atoms with Gasteiger partial charge in [-0.1, -0.05) is 6.07 Å². The van der Waals surface area contributed by atoms with Crippen molar-refractivity contribution >= 4 is 5.91 Å². The van der Waals surface area contributed by atoms with Gasteiger partial charge in [0.25, 0.3) is 11.5 Å². The molecule has 1 amide bonds. The maximum Gasteiger partial charge on any atom is 0.257 e. The molecule has 0 spiro atoms. The Morgan fingerprint density at radius 3 is 2.76 bits per heavy atom. The van der Waals surface area contributed by atoms with Crippen LogP contribution in [0.4, 0.5) is 0 Å². The largest absolute Gasteiger partial charge is 0.497 e. The molecule has 3 aromatic rings. The van der Waals surface area contributed by atoms with Crippen LogP contribution in [0.1, 0.15) is 28.4 Å². The summed E-state index contributed by atoms with van der Waals surface area (Å²) in [6, 6.07) is 13.0. The van der Waals surface area contributed by atoms with Crippen LogP contribution in [0.25, 0.3) is 11.3 Å². The van der Waals surface area contributed by atoms with Gasteiger partial charge in [-0.05, 0) is 42.7 Å². The van der Waals surface area contributed by atoms with Gasteiger partial charge in [0, 0.05) is 42.9 Å². The molecular weight excluding hydrogens is 368 g/mol. The fraction of sp³-hybridized carbons (Fsp3) is 0.318. The molecule has 2 unspecified atom stereocenters. The summed E-state index contributed by atoms with van der Waals surface area (Å²) in [4.78, 5) is 27.5. The number of carbonyl (C=O) groups excluding carboxylic acids is 1. The molecule has 29 heavy (non-hydrogen) atoms. The predicted molar refractivity (Wildman–Crippen MR) is 108 cm³/mol. The number of methoxy groups -OCH3 is 1. The summed E-state index contributed by atoms with van der Waals surface area (Å²) in [6.45, 7) is 1.95. The van der Waals surface area contributed by atoms with Gasteiger partial charge in [0.1, 0.15) is 5.75 Å². The SMILES string of the molecule is COc1ccc(-c2[nH]ncc2C(=O)N2CC3CC(C2)c2cccc(=O)n2C3)cc1. The van der Waals surface area contributed by atoms with Gasteiger partial charge in [-0.25, -0.2) is 0 Å². The van der Waals surface area contributed by atoms with E-state index < -0.39 is 0 Å². The number of aromatic amines is 1. The minimum Gasteiger partial charge on any atom is -0.497 e. The summed E-state index contributed by atoms with van der Waals surface area (Å²) in [5, 5.41) is 7.10. The van der Waals surface area contributed by atoms with Gasteiger partial charge in [0.2, 0.25) is 0 Å². The first kappa shape index (κ1) is 17.7. The Hall–Kier alpha value is -3.35. The van der Waals surface area contributed by atoms with Gasteiger partial charge in [-0.2, -0.15) is 5.10 Å². The second-order valence-electron chi connectivity index (χ2n) is 7.80. The van der Waals surface area contributed by atoms with Crippen molar-refractivity contribution in [2.75, 3.05) is 20.2 Å². The zero-order valence-electron chi connectivity index (χ0n) is 16.2. The number of hydrogen-bond donors (Lipinski definition) is 1. The quantitative estimate of drug-likeness (QED) is 0.745. The van der Waals surface area contributed by atoms with Crippen LogP contribution in [0.3, 0.4) is 0 Å². The average molecular weight is 390 g/mol. The summed E-state index contributed by atoms with van der Waals surface area (Å²) < 4.78 is 7.09. The number of benzene rings is 1. The molecule has 5 rings (SSSR count). The summed E-state index contributed by atoms with van der Waals surface area (Å²) in [5.41, 5.74) is 3.26. The lowest BCUT2D eigenvalue weighted by Gasteiger charge is -2.42. The second kappa shape index (κ2) is 6.92. The van der Waals surface area contributed by atoms with Crippen molar-refractivity contribution in [1.29, 1.82) is 0 Å². The van der Waals surface area contributed by atoms with Gasteiger partial charge in [0.05, 0.1) is 24.6 Å². The molecular formula is C22H22N4O3. The highest BCUT2D eigenvalue weighted by Gasteiger charge is 2.37. The maximum atomic E-state index is 13.4. The number of ether oxygens (including phenoxy) is 1. The van der Waals surface area contributed by atoms with E-state index in [1.54, 1.807) is 19.4 Å². The Kier molecular flexibility index (Phi) is 4.23. The van der Waals surface area contributed by atoms with Gasteiger partial charge in [-0.15, -0.1) is 0 Å². The van der Waals surface area contributed by atoms with Gasteiger partial charge >= 0.3 is 0 Å². The van der Waals surface area contributed by atoms with E-state index in [4.69, 9.17) is 4.74 Å². The fourth-order valence-corrected chi connectivity index (χ4v) is 4.66. The smallest absolute Gasteiger partial charge is 0.257 e. The molecule has 1 saturated heterocycles. The van der Waals surface area contributed by atoms with Crippen LogP contribution in [0.5, 0.6) is 5.75 Å². The Balaban J connectivity index is 1.43. The van der Waals surface area contributed by atoms with Crippen LogP contribution in [0.2, 0.25) is 0 Å². The van der Waals surface area contributed by atoms with Crippen molar-refractivity contribution in [1.82, 2.24) is 19.7 Å². The molecule has 2 aliphatic heterocycles. The number of H-pyrrole nitrogens is 1. The molecule has 2 aliphatic rings. The molecule has 0 aliphatic carbocycles. The van der Waals surface area contributed by atoms with Crippen LogP contribution in [0.15, 0.2) is 53.5 Å². The summed E-state index contributed by atoms with van der Waals surface area (Å²) in [6.07, 6.45) is 2.62. The number of rotatable bonds is 3. The van der Waals surface area contributed by atoms with Crippen molar-refractivity contribution in [2.24, 2.45) is 5.92 Å². The highest BCUT2D eigenvalue weighted by Crippen LogP contribution is 2.36. The first-order valence-corrected chi connectivity index (χ1v) is 9.81. The zero-order chi connectivity index (χ0) is 20.0. The molecule has 1 N–H and O–H groups in total. The first-order chi connectivity index (χ1) is 14.1. The lowest BCUT2D eigenvalue weighted by Crippen LogP contribution is -2.49. The van der Waals surface area contributed by atoms with E-state index in [1.165, 1.54) is 0 Å². The third-order valence-electron chi connectivity index (χ3n) is 6.02. The van der Waals surface area contributed by atoms with Crippen LogP contribution >= 0.6 is 0 Å². The number of nitrogens with one attached hydrogen (secondary N) is 1. The molecule has 2 atom stereocenters. The van der Waals surface area contributed by atoms with Crippen molar-refractivity contribution in [3.8, 4) is 17.0 Å². The van der Waals surface area contributed by atoms with E-state index in [-0.39, 0.29) is 17.4 Å². The molecule has 4 heterocycles. The molecule has 0 radical (unpaired) electrons. The Morgan fingerprint density at radius 2 is 1.97 bits per heavy atom. The second-order valence-corrected chi connectivity index (χ2v) is 7.80. The van der Waals surface area contributed by atoms with Crippen LogP contribution in [0, 0.1) is 5.92 Å². The van der Waals surface area contributed by atoms with Gasteiger partial charge in [-0.3, -0.25) is 14.7 Å². The first-order valence-electron chi connectivity index (χ1n) is 9.81. The van der Waals surface area contributed by atoms with E-state index >= 15 is 0 Å². The van der Waals surface area contributed by atoms with E-state index in [0.29, 0.717) is 36.8 Å². The van der Waals surface area contributed by atoms with Crippen molar-refractivity contribution in [3.05, 3.63) is 70.3 Å². The standard InChI is InChI=1S/C22H22N4O3/c1-29-17-7-5-15(6-8-17)21-18(10-23-24-21)22(28)25-11-14-9-16(13-25)19-3-2-4-20(27)26(19)12-14/h2-8,10,14,16H,9,11-13H2,1H3,(H,23,24). The number of carbonyl (C=O) groups is 1. The van der Waals surface area contributed by atoms with Gasteiger partial charge < -0.3 is 14.2 Å². The molecule has 148 valence electrons. The number of amides is 1. The third-order valence-corrected chi connectivity index (χ3v) is 6.02. The topological polar surface area (TPSA) is 80.2 Å².